The maximum atomic E-state index is 11.7. The number of hydrogen-bond acceptors (Lipinski definition) is 3. The van der Waals surface area contributed by atoms with E-state index < -0.39 is 5.97 Å². The summed E-state index contributed by atoms with van der Waals surface area (Å²) >= 11 is 11.5. The highest BCUT2D eigenvalue weighted by molar-refractivity contribution is 6.42. The van der Waals surface area contributed by atoms with Gasteiger partial charge >= 0.3 is 5.97 Å². The van der Waals surface area contributed by atoms with Crippen molar-refractivity contribution >= 4 is 35.0 Å². The number of ketones is 1. The molecule has 0 spiro atoms. The monoisotopic (exact) mass is 284 g/mol. The summed E-state index contributed by atoms with van der Waals surface area (Å²) in [6.45, 7) is 0. The number of hydrogen-bond donors (Lipinski definition) is 0. The first-order chi connectivity index (χ1) is 8.54. The van der Waals surface area contributed by atoms with Crippen LogP contribution in [0.2, 0.25) is 10.0 Å². The third-order valence-electron chi connectivity index (χ3n) is 2.00. The molecule has 5 heteroatoms. The third-order valence-corrected chi connectivity index (χ3v) is 2.74. The standard InChI is InChI=1S/C13H10Cl2O3/c1-18-13(17)5-3-2-4-12(16)9-6-7-10(14)11(15)8-9/h2-8H,1H3/b4-2+,5-3-. The average Bonchev–Trinajstić information content (AvgIpc) is 2.37. The second-order valence-electron chi connectivity index (χ2n) is 3.23. The highest BCUT2D eigenvalue weighted by Crippen LogP contribution is 2.22. The van der Waals surface area contributed by atoms with Crippen molar-refractivity contribution in [3.8, 4) is 0 Å². The molecule has 0 atom stereocenters. The van der Waals surface area contributed by atoms with Crippen molar-refractivity contribution in [3.05, 3.63) is 58.1 Å². The zero-order chi connectivity index (χ0) is 13.5. The van der Waals surface area contributed by atoms with Crippen LogP contribution in [0.4, 0.5) is 0 Å². The normalized spacial score (nSPS) is 11.1. The number of halogens is 2. The molecule has 1 aromatic rings. The van der Waals surface area contributed by atoms with Gasteiger partial charge in [-0.1, -0.05) is 35.4 Å². The van der Waals surface area contributed by atoms with Gasteiger partial charge in [0.15, 0.2) is 5.78 Å². The Hall–Kier alpha value is -1.58. The molecular weight excluding hydrogens is 275 g/mol. The molecule has 0 aliphatic carbocycles. The molecule has 0 amide bonds. The fraction of sp³-hybridized carbons (Fsp3) is 0.0769. The van der Waals surface area contributed by atoms with E-state index in [1.54, 1.807) is 12.1 Å². The van der Waals surface area contributed by atoms with Gasteiger partial charge in [-0.2, -0.15) is 0 Å². The number of methoxy groups -OCH3 is 1. The van der Waals surface area contributed by atoms with Crippen molar-refractivity contribution in [1.29, 1.82) is 0 Å². The van der Waals surface area contributed by atoms with E-state index in [-0.39, 0.29) is 5.78 Å². The van der Waals surface area contributed by atoms with Crippen LogP contribution in [0.1, 0.15) is 10.4 Å². The SMILES string of the molecule is COC(=O)/C=C\C=C\C(=O)c1ccc(Cl)c(Cl)c1. The van der Waals surface area contributed by atoms with Crippen LogP contribution in [-0.4, -0.2) is 18.9 Å². The Balaban J connectivity index is 2.71. The van der Waals surface area contributed by atoms with E-state index in [2.05, 4.69) is 4.74 Å². The second kappa shape index (κ2) is 6.99. The predicted molar refractivity (Wildman–Crippen MR) is 71.1 cm³/mol. The van der Waals surface area contributed by atoms with Gasteiger partial charge in [-0.05, 0) is 24.3 Å². The summed E-state index contributed by atoms with van der Waals surface area (Å²) in [6, 6.07) is 4.61. The number of esters is 1. The second-order valence-corrected chi connectivity index (χ2v) is 4.05. The molecule has 0 aliphatic heterocycles. The lowest BCUT2D eigenvalue weighted by molar-refractivity contribution is -0.134. The summed E-state index contributed by atoms with van der Waals surface area (Å²) in [5, 5.41) is 0.712. The maximum absolute atomic E-state index is 11.7. The van der Waals surface area contributed by atoms with Crippen LogP contribution in [0.15, 0.2) is 42.5 Å². The van der Waals surface area contributed by atoms with Crippen molar-refractivity contribution in [2.45, 2.75) is 0 Å². The summed E-state index contributed by atoms with van der Waals surface area (Å²) in [5.41, 5.74) is 0.423. The minimum absolute atomic E-state index is 0.233. The maximum Gasteiger partial charge on any atom is 0.330 e. The van der Waals surface area contributed by atoms with Crippen LogP contribution in [0.5, 0.6) is 0 Å². The lowest BCUT2D eigenvalue weighted by Crippen LogP contribution is -1.94. The highest BCUT2D eigenvalue weighted by atomic mass is 35.5. The van der Waals surface area contributed by atoms with Crippen LogP contribution in [-0.2, 0) is 9.53 Å². The Morgan fingerprint density at radius 3 is 2.39 bits per heavy atom. The van der Waals surface area contributed by atoms with E-state index in [1.165, 1.54) is 37.5 Å². The number of allylic oxidation sites excluding steroid dienone is 3. The fourth-order valence-corrected chi connectivity index (χ4v) is 1.39. The minimum Gasteiger partial charge on any atom is -0.466 e. The molecule has 18 heavy (non-hydrogen) atoms. The van der Waals surface area contributed by atoms with Crippen molar-refractivity contribution in [3.63, 3.8) is 0 Å². The fourth-order valence-electron chi connectivity index (χ4n) is 1.09. The Bertz CT molecular complexity index is 519. The van der Waals surface area contributed by atoms with E-state index >= 15 is 0 Å². The number of benzene rings is 1. The Labute approximate surface area is 115 Å². The van der Waals surface area contributed by atoms with Crippen molar-refractivity contribution in [1.82, 2.24) is 0 Å². The smallest absolute Gasteiger partial charge is 0.330 e. The van der Waals surface area contributed by atoms with Gasteiger partial charge in [-0.25, -0.2) is 4.79 Å². The largest absolute Gasteiger partial charge is 0.466 e. The Morgan fingerprint density at radius 2 is 1.78 bits per heavy atom. The summed E-state index contributed by atoms with van der Waals surface area (Å²) in [5.74, 6) is -0.718. The topological polar surface area (TPSA) is 43.4 Å². The van der Waals surface area contributed by atoms with Gasteiger partial charge in [0.2, 0.25) is 0 Å². The number of rotatable bonds is 4. The lowest BCUT2D eigenvalue weighted by atomic mass is 10.1. The first kappa shape index (κ1) is 14.5. The van der Waals surface area contributed by atoms with Crippen molar-refractivity contribution in [2.75, 3.05) is 7.11 Å². The number of carbonyl (C=O) groups is 2. The summed E-state index contributed by atoms with van der Waals surface area (Å²) in [7, 11) is 1.28. The van der Waals surface area contributed by atoms with Crippen LogP contribution in [0.3, 0.4) is 0 Å². The van der Waals surface area contributed by atoms with Gasteiger partial charge < -0.3 is 4.74 Å². The molecule has 0 saturated heterocycles. The molecule has 0 unspecified atom stereocenters. The molecule has 94 valence electrons. The van der Waals surface area contributed by atoms with E-state index in [0.717, 1.165) is 0 Å². The van der Waals surface area contributed by atoms with Gasteiger partial charge in [0, 0.05) is 11.6 Å². The summed E-state index contributed by atoms with van der Waals surface area (Å²) in [6.07, 6.45) is 5.39. The van der Waals surface area contributed by atoms with Gasteiger partial charge in [0.1, 0.15) is 0 Å². The minimum atomic E-state index is -0.485. The lowest BCUT2D eigenvalue weighted by Gasteiger charge is -1.98. The van der Waals surface area contributed by atoms with E-state index in [9.17, 15) is 9.59 Å². The zero-order valence-electron chi connectivity index (χ0n) is 9.52. The first-order valence-electron chi connectivity index (χ1n) is 4.96. The first-order valence-corrected chi connectivity index (χ1v) is 5.72. The molecule has 0 heterocycles. The highest BCUT2D eigenvalue weighted by Gasteiger charge is 2.04. The number of carbonyl (C=O) groups excluding carboxylic acids is 2. The van der Waals surface area contributed by atoms with Gasteiger partial charge in [0.05, 0.1) is 17.2 Å². The summed E-state index contributed by atoms with van der Waals surface area (Å²) < 4.78 is 4.39. The molecule has 0 saturated carbocycles. The molecule has 0 aliphatic rings. The molecule has 0 bridgehead atoms. The van der Waals surface area contributed by atoms with E-state index in [0.29, 0.717) is 15.6 Å². The summed E-state index contributed by atoms with van der Waals surface area (Å²) in [4.78, 5) is 22.4. The van der Waals surface area contributed by atoms with Crippen LogP contribution >= 0.6 is 23.2 Å². The Kier molecular flexibility index (Phi) is 5.62. The molecule has 1 aromatic carbocycles. The Morgan fingerprint density at radius 1 is 1.11 bits per heavy atom. The molecule has 3 nitrogen and oxygen atoms in total. The molecule has 0 radical (unpaired) electrons. The van der Waals surface area contributed by atoms with Crippen LogP contribution in [0.25, 0.3) is 0 Å². The van der Waals surface area contributed by atoms with Crippen LogP contribution in [0, 0.1) is 0 Å². The van der Waals surface area contributed by atoms with E-state index in [4.69, 9.17) is 23.2 Å². The molecule has 0 N–H and O–H groups in total. The number of ether oxygens (including phenoxy) is 1. The quantitative estimate of drug-likeness (QED) is 0.368. The van der Waals surface area contributed by atoms with Crippen molar-refractivity contribution < 1.29 is 14.3 Å². The predicted octanol–water partition coefficient (Wildman–Crippen LogP) is 3.46. The third kappa shape index (κ3) is 4.35. The average molecular weight is 285 g/mol. The molecule has 0 aromatic heterocycles. The molecule has 0 fully saturated rings. The molecule has 1 rings (SSSR count). The van der Waals surface area contributed by atoms with E-state index in [1.807, 2.05) is 0 Å². The van der Waals surface area contributed by atoms with Gasteiger partial charge in [-0.15, -0.1) is 0 Å². The zero-order valence-corrected chi connectivity index (χ0v) is 11.0. The van der Waals surface area contributed by atoms with Gasteiger partial charge in [-0.3, -0.25) is 4.79 Å². The van der Waals surface area contributed by atoms with Crippen LogP contribution < -0.4 is 0 Å². The van der Waals surface area contributed by atoms with Gasteiger partial charge in [0.25, 0.3) is 0 Å². The molecular formula is C13H10Cl2O3. The van der Waals surface area contributed by atoms with Crippen molar-refractivity contribution in [2.24, 2.45) is 0 Å².